The Morgan fingerprint density at radius 3 is 2.26 bits per heavy atom. The molecule has 0 unspecified atom stereocenters. The fourth-order valence-corrected chi connectivity index (χ4v) is 1.37. The molecule has 0 aliphatic rings. The fourth-order valence-electron chi connectivity index (χ4n) is 1.37. The van der Waals surface area contributed by atoms with E-state index in [1.165, 1.54) is 5.56 Å². The van der Waals surface area contributed by atoms with E-state index in [1.54, 1.807) is 0 Å². The third kappa shape index (κ3) is 11.2. The van der Waals surface area contributed by atoms with Crippen molar-refractivity contribution >= 4 is 5.97 Å². The number of rotatable bonds is 3. The molecule has 128 valence electrons. The maximum Gasteiger partial charge on any atom is 0.490 e. The van der Waals surface area contributed by atoms with Crippen LogP contribution in [0.4, 0.5) is 13.2 Å². The third-order valence-electron chi connectivity index (χ3n) is 2.42. The van der Waals surface area contributed by atoms with Gasteiger partial charge in [0.2, 0.25) is 0 Å². The summed E-state index contributed by atoms with van der Waals surface area (Å²) in [6, 6.07) is 8.43. The van der Waals surface area contributed by atoms with E-state index in [4.69, 9.17) is 15.6 Å². The maximum atomic E-state index is 10.6. The zero-order valence-electron chi connectivity index (χ0n) is 13.5. The number of nitrogens with two attached hydrogens (primary N) is 1. The normalized spacial score (nSPS) is 10.9. The van der Waals surface area contributed by atoms with Crippen molar-refractivity contribution < 1.29 is 23.1 Å². The summed E-state index contributed by atoms with van der Waals surface area (Å²) < 4.78 is 31.7. The van der Waals surface area contributed by atoms with Crippen LogP contribution >= 0.6 is 0 Å². The molecule has 0 bridgehead atoms. The first-order chi connectivity index (χ1) is 10.5. The molecule has 0 radical (unpaired) electrons. The predicted octanol–water partition coefficient (Wildman–Crippen LogP) is 3.61. The Hall–Kier alpha value is -2.00. The summed E-state index contributed by atoms with van der Waals surface area (Å²) in [5.41, 5.74) is 7.99. The SMILES string of the molecule is CC(C)(C)C#Cc1cccc(CCCN)c1.O=C(O)C(F)(F)F. The van der Waals surface area contributed by atoms with Gasteiger partial charge in [-0.25, -0.2) is 4.79 Å². The highest BCUT2D eigenvalue weighted by Gasteiger charge is 2.38. The number of carbonyl (C=O) groups is 1. The Kier molecular flexibility index (Phi) is 8.41. The second kappa shape index (κ2) is 9.21. The Labute approximate surface area is 134 Å². The Morgan fingerprint density at radius 1 is 1.26 bits per heavy atom. The molecule has 0 saturated carbocycles. The van der Waals surface area contributed by atoms with Crippen LogP contribution in [0, 0.1) is 17.3 Å². The molecule has 0 saturated heterocycles. The van der Waals surface area contributed by atoms with Crippen LogP contribution in [0.1, 0.15) is 38.3 Å². The van der Waals surface area contributed by atoms with Crippen LogP contribution in [0.25, 0.3) is 0 Å². The Morgan fingerprint density at radius 2 is 1.83 bits per heavy atom. The number of hydrogen-bond acceptors (Lipinski definition) is 2. The number of halogens is 3. The number of alkyl halides is 3. The van der Waals surface area contributed by atoms with E-state index in [0.29, 0.717) is 0 Å². The van der Waals surface area contributed by atoms with Crippen molar-refractivity contribution in [1.82, 2.24) is 0 Å². The molecule has 3 N–H and O–H groups in total. The number of carboxylic acids is 1. The van der Waals surface area contributed by atoms with Gasteiger partial charge >= 0.3 is 12.1 Å². The predicted molar refractivity (Wildman–Crippen MR) is 83.8 cm³/mol. The van der Waals surface area contributed by atoms with Crippen LogP contribution in [-0.4, -0.2) is 23.8 Å². The Bertz CT molecular complexity index is 564. The van der Waals surface area contributed by atoms with Gasteiger partial charge in [0, 0.05) is 11.0 Å². The van der Waals surface area contributed by atoms with Crippen molar-refractivity contribution in [3.63, 3.8) is 0 Å². The molecule has 3 nitrogen and oxygen atoms in total. The molecule has 1 aromatic carbocycles. The smallest absolute Gasteiger partial charge is 0.475 e. The number of carboxylic acid groups (broad SMARTS) is 1. The summed E-state index contributed by atoms with van der Waals surface area (Å²) in [5, 5.41) is 7.12. The van der Waals surface area contributed by atoms with E-state index >= 15 is 0 Å². The lowest BCUT2D eigenvalue weighted by molar-refractivity contribution is -0.192. The van der Waals surface area contributed by atoms with Gasteiger partial charge in [-0.1, -0.05) is 24.0 Å². The van der Waals surface area contributed by atoms with Gasteiger partial charge in [-0.2, -0.15) is 13.2 Å². The average molecular weight is 329 g/mol. The van der Waals surface area contributed by atoms with Gasteiger partial charge in [0.05, 0.1) is 0 Å². The first-order valence-electron chi connectivity index (χ1n) is 7.08. The summed E-state index contributed by atoms with van der Waals surface area (Å²) in [6.07, 6.45) is -3.00. The molecule has 0 amide bonds. The second-order valence-electron chi connectivity index (χ2n) is 5.90. The second-order valence-corrected chi connectivity index (χ2v) is 5.90. The monoisotopic (exact) mass is 329 g/mol. The minimum Gasteiger partial charge on any atom is -0.475 e. The number of benzene rings is 1. The summed E-state index contributed by atoms with van der Waals surface area (Å²) in [4.78, 5) is 8.90. The molecule has 0 aromatic heterocycles. The standard InChI is InChI=1S/C15H21N.C2HF3O2/c1-15(2,3)10-9-14-7-4-6-13(12-14)8-5-11-16;3-2(4,5)1(6)7/h4,6-7,12H,5,8,11,16H2,1-3H3;(H,6,7). The van der Waals surface area contributed by atoms with Gasteiger partial charge in [0.25, 0.3) is 0 Å². The van der Waals surface area contributed by atoms with Crippen LogP contribution in [0.15, 0.2) is 24.3 Å². The van der Waals surface area contributed by atoms with Crippen molar-refractivity contribution in [3.05, 3.63) is 35.4 Å². The average Bonchev–Trinajstić information content (AvgIpc) is 2.42. The van der Waals surface area contributed by atoms with Crippen LogP contribution in [0.5, 0.6) is 0 Å². The molecule has 0 spiro atoms. The van der Waals surface area contributed by atoms with Crippen molar-refractivity contribution in [2.24, 2.45) is 11.1 Å². The van der Waals surface area contributed by atoms with E-state index in [-0.39, 0.29) is 5.41 Å². The van der Waals surface area contributed by atoms with E-state index in [2.05, 4.69) is 56.9 Å². The molecule has 1 rings (SSSR count). The number of aryl methyl sites for hydroxylation is 1. The minimum absolute atomic E-state index is 0.0628. The molecule has 23 heavy (non-hydrogen) atoms. The Balaban J connectivity index is 0.000000585. The van der Waals surface area contributed by atoms with E-state index < -0.39 is 12.1 Å². The van der Waals surface area contributed by atoms with E-state index in [0.717, 1.165) is 24.9 Å². The highest BCUT2D eigenvalue weighted by Crippen LogP contribution is 2.13. The summed E-state index contributed by atoms with van der Waals surface area (Å²) in [6.45, 7) is 7.12. The van der Waals surface area contributed by atoms with Gasteiger partial charge in [0.1, 0.15) is 0 Å². The van der Waals surface area contributed by atoms with Crippen molar-refractivity contribution in [2.45, 2.75) is 39.8 Å². The first-order valence-corrected chi connectivity index (χ1v) is 7.08. The molecule has 1 aromatic rings. The van der Waals surface area contributed by atoms with Gasteiger partial charge < -0.3 is 10.8 Å². The molecule has 0 heterocycles. The molecular formula is C17H22F3NO2. The third-order valence-corrected chi connectivity index (χ3v) is 2.42. The molecule has 0 aliphatic heterocycles. The van der Waals surface area contributed by atoms with E-state index in [1.807, 2.05) is 0 Å². The molecule has 6 heteroatoms. The highest BCUT2D eigenvalue weighted by atomic mass is 19.4. The van der Waals surface area contributed by atoms with Gasteiger partial charge in [0.15, 0.2) is 0 Å². The quantitative estimate of drug-likeness (QED) is 0.833. The largest absolute Gasteiger partial charge is 0.490 e. The fraction of sp³-hybridized carbons (Fsp3) is 0.471. The molecule has 0 fully saturated rings. The summed E-state index contributed by atoms with van der Waals surface area (Å²) >= 11 is 0. The van der Waals surface area contributed by atoms with Crippen LogP contribution < -0.4 is 5.73 Å². The lowest BCUT2D eigenvalue weighted by Crippen LogP contribution is -2.21. The number of hydrogen-bond donors (Lipinski definition) is 2. The zero-order valence-corrected chi connectivity index (χ0v) is 13.5. The van der Waals surface area contributed by atoms with Crippen molar-refractivity contribution in [1.29, 1.82) is 0 Å². The highest BCUT2D eigenvalue weighted by molar-refractivity contribution is 5.73. The van der Waals surface area contributed by atoms with Crippen LogP contribution in [-0.2, 0) is 11.2 Å². The van der Waals surface area contributed by atoms with Gasteiger partial charge in [-0.15, -0.1) is 0 Å². The zero-order chi connectivity index (χ0) is 18.1. The van der Waals surface area contributed by atoms with Crippen LogP contribution in [0.3, 0.4) is 0 Å². The van der Waals surface area contributed by atoms with Crippen molar-refractivity contribution in [3.8, 4) is 11.8 Å². The molecule has 0 aliphatic carbocycles. The molecular weight excluding hydrogens is 307 g/mol. The summed E-state index contributed by atoms with van der Waals surface area (Å²) in [7, 11) is 0. The van der Waals surface area contributed by atoms with Gasteiger partial charge in [-0.05, 0) is 57.9 Å². The van der Waals surface area contributed by atoms with Gasteiger partial charge in [-0.3, -0.25) is 0 Å². The van der Waals surface area contributed by atoms with Crippen LogP contribution in [0.2, 0.25) is 0 Å². The minimum atomic E-state index is -5.08. The topological polar surface area (TPSA) is 63.3 Å². The lowest BCUT2D eigenvalue weighted by Gasteiger charge is -2.07. The first kappa shape index (κ1) is 21.0. The maximum absolute atomic E-state index is 10.6. The van der Waals surface area contributed by atoms with Crippen molar-refractivity contribution in [2.75, 3.05) is 6.54 Å². The molecule has 0 atom stereocenters. The number of aliphatic carboxylic acids is 1. The van der Waals surface area contributed by atoms with E-state index in [9.17, 15) is 13.2 Å². The lowest BCUT2D eigenvalue weighted by atomic mass is 9.97. The summed E-state index contributed by atoms with van der Waals surface area (Å²) in [5.74, 6) is 3.71.